The molecule has 0 spiro atoms. The molecule has 2 N–H and O–H groups in total. The van der Waals surface area contributed by atoms with E-state index in [1.165, 1.54) is 11.1 Å². The first-order chi connectivity index (χ1) is 7.59. The molecule has 0 fully saturated rings. The highest BCUT2D eigenvalue weighted by atomic mass is 127. The van der Waals surface area contributed by atoms with Gasteiger partial charge in [0.25, 0.3) is 0 Å². The molecule has 0 radical (unpaired) electrons. The molecule has 0 saturated heterocycles. The van der Waals surface area contributed by atoms with Crippen molar-refractivity contribution in [2.24, 2.45) is 0 Å². The summed E-state index contributed by atoms with van der Waals surface area (Å²) in [4.78, 5) is 8.31. The van der Waals surface area contributed by atoms with Crippen molar-refractivity contribution in [1.82, 2.24) is 9.97 Å². The highest BCUT2D eigenvalue weighted by Crippen LogP contribution is 2.29. The van der Waals surface area contributed by atoms with Crippen molar-refractivity contribution in [2.75, 3.05) is 5.73 Å². The molecule has 0 aliphatic carbocycles. The number of hydrogen-bond acceptors (Lipinski definition) is 3. The van der Waals surface area contributed by atoms with E-state index in [-0.39, 0.29) is 0 Å². The monoisotopic (exact) mass is 325 g/mol. The number of aromatic nitrogens is 2. The van der Waals surface area contributed by atoms with Gasteiger partial charge in [0.2, 0.25) is 5.95 Å². The van der Waals surface area contributed by atoms with E-state index in [0.717, 1.165) is 14.8 Å². The van der Waals surface area contributed by atoms with Gasteiger partial charge in [0.05, 0.1) is 9.26 Å². The minimum Gasteiger partial charge on any atom is -0.368 e. The van der Waals surface area contributed by atoms with Gasteiger partial charge in [-0.2, -0.15) is 0 Å². The standard InChI is InChI=1S/C12H12IN3/c1-7-4-3-5-8(2)10(7)11-9(13)6-15-12(14)16-11/h3-6H,1-2H3,(H2,14,15,16). The number of nitrogens with zero attached hydrogens (tertiary/aromatic N) is 2. The second-order valence-electron chi connectivity index (χ2n) is 3.69. The molecular weight excluding hydrogens is 313 g/mol. The number of benzene rings is 1. The highest BCUT2D eigenvalue weighted by Gasteiger charge is 2.11. The molecule has 0 amide bonds. The minimum atomic E-state index is 0.318. The van der Waals surface area contributed by atoms with Gasteiger partial charge in [-0.3, -0.25) is 0 Å². The first-order valence-corrected chi connectivity index (χ1v) is 6.02. The lowest BCUT2D eigenvalue weighted by molar-refractivity contribution is 1.16. The number of nitrogens with two attached hydrogens (primary N) is 1. The van der Waals surface area contributed by atoms with Gasteiger partial charge in [0.1, 0.15) is 0 Å². The lowest BCUT2D eigenvalue weighted by Gasteiger charge is -2.10. The van der Waals surface area contributed by atoms with Gasteiger partial charge < -0.3 is 5.73 Å². The number of hydrogen-bond donors (Lipinski definition) is 1. The Balaban J connectivity index is 2.72. The quantitative estimate of drug-likeness (QED) is 0.820. The predicted octanol–water partition coefficient (Wildman–Crippen LogP) is 2.95. The van der Waals surface area contributed by atoms with E-state index in [1.54, 1.807) is 6.20 Å². The second-order valence-corrected chi connectivity index (χ2v) is 4.85. The summed E-state index contributed by atoms with van der Waals surface area (Å²) in [6.07, 6.45) is 1.75. The van der Waals surface area contributed by atoms with Crippen molar-refractivity contribution in [2.45, 2.75) is 13.8 Å². The summed E-state index contributed by atoms with van der Waals surface area (Å²) in [6.45, 7) is 4.16. The normalized spacial score (nSPS) is 10.4. The van der Waals surface area contributed by atoms with Gasteiger partial charge >= 0.3 is 0 Å². The molecule has 4 heteroatoms. The van der Waals surface area contributed by atoms with Crippen LogP contribution in [0.3, 0.4) is 0 Å². The molecule has 0 saturated carbocycles. The van der Waals surface area contributed by atoms with Crippen LogP contribution in [-0.2, 0) is 0 Å². The maximum atomic E-state index is 5.64. The van der Waals surface area contributed by atoms with Gasteiger partial charge in [0.15, 0.2) is 0 Å². The largest absolute Gasteiger partial charge is 0.368 e. The van der Waals surface area contributed by atoms with Crippen molar-refractivity contribution in [3.63, 3.8) is 0 Å². The number of anilines is 1. The zero-order valence-electron chi connectivity index (χ0n) is 9.16. The molecule has 1 aromatic carbocycles. The summed E-state index contributed by atoms with van der Waals surface area (Å²) >= 11 is 2.23. The summed E-state index contributed by atoms with van der Waals surface area (Å²) in [5.41, 5.74) is 10.1. The molecule has 1 aromatic heterocycles. The number of halogens is 1. The average Bonchev–Trinajstić information content (AvgIpc) is 2.23. The van der Waals surface area contributed by atoms with Crippen LogP contribution in [0.2, 0.25) is 0 Å². The Hall–Kier alpha value is -1.17. The fraction of sp³-hybridized carbons (Fsp3) is 0.167. The van der Waals surface area contributed by atoms with Crippen molar-refractivity contribution in [3.8, 4) is 11.3 Å². The number of aryl methyl sites for hydroxylation is 2. The SMILES string of the molecule is Cc1cccc(C)c1-c1nc(N)ncc1I. The maximum Gasteiger partial charge on any atom is 0.220 e. The topological polar surface area (TPSA) is 51.8 Å². The molecule has 2 aromatic rings. The zero-order valence-corrected chi connectivity index (χ0v) is 11.3. The Morgan fingerprint density at radius 1 is 1.19 bits per heavy atom. The minimum absolute atomic E-state index is 0.318. The molecule has 0 bridgehead atoms. The first-order valence-electron chi connectivity index (χ1n) is 4.94. The molecule has 3 nitrogen and oxygen atoms in total. The van der Waals surface area contributed by atoms with Crippen LogP contribution in [0.5, 0.6) is 0 Å². The van der Waals surface area contributed by atoms with Crippen molar-refractivity contribution in [1.29, 1.82) is 0 Å². The molecule has 82 valence electrons. The van der Waals surface area contributed by atoms with Crippen molar-refractivity contribution in [3.05, 3.63) is 39.1 Å². The van der Waals surface area contributed by atoms with Crippen LogP contribution in [0.25, 0.3) is 11.3 Å². The van der Waals surface area contributed by atoms with E-state index in [1.807, 2.05) is 6.07 Å². The molecule has 0 unspecified atom stereocenters. The van der Waals surface area contributed by atoms with Crippen LogP contribution in [0.15, 0.2) is 24.4 Å². The average molecular weight is 325 g/mol. The van der Waals surface area contributed by atoms with Gasteiger partial charge in [-0.15, -0.1) is 0 Å². The Kier molecular flexibility index (Phi) is 3.09. The van der Waals surface area contributed by atoms with Crippen LogP contribution >= 0.6 is 22.6 Å². The molecule has 0 aliphatic rings. The second kappa shape index (κ2) is 4.37. The molecule has 0 atom stereocenters. The fourth-order valence-electron chi connectivity index (χ4n) is 1.74. The molecule has 0 aliphatic heterocycles. The Labute approximate surface area is 108 Å². The molecule has 2 rings (SSSR count). The van der Waals surface area contributed by atoms with Crippen molar-refractivity contribution >= 4 is 28.5 Å². The lowest BCUT2D eigenvalue weighted by Crippen LogP contribution is -2.00. The summed E-state index contributed by atoms with van der Waals surface area (Å²) in [6, 6.07) is 6.21. The summed E-state index contributed by atoms with van der Waals surface area (Å²) in [5.74, 6) is 0.318. The van der Waals surface area contributed by atoms with Crippen LogP contribution in [0, 0.1) is 17.4 Å². The van der Waals surface area contributed by atoms with Crippen LogP contribution < -0.4 is 5.73 Å². The van der Waals surface area contributed by atoms with Crippen LogP contribution in [0.4, 0.5) is 5.95 Å². The third-order valence-corrected chi connectivity index (χ3v) is 3.27. The smallest absolute Gasteiger partial charge is 0.220 e. The zero-order chi connectivity index (χ0) is 11.7. The maximum absolute atomic E-state index is 5.64. The van der Waals surface area contributed by atoms with Crippen LogP contribution in [0.1, 0.15) is 11.1 Å². The predicted molar refractivity (Wildman–Crippen MR) is 74.1 cm³/mol. The number of nitrogen functional groups attached to an aromatic ring is 1. The van der Waals surface area contributed by atoms with Crippen molar-refractivity contribution < 1.29 is 0 Å². The lowest BCUT2D eigenvalue weighted by atomic mass is 10.00. The first kappa shape index (κ1) is 11.3. The highest BCUT2D eigenvalue weighted by molar-refractivity contribution is 14.1. The van der Waals surface area contributed by atoms with E-state index in [9.17, 15) is 0 Å². The van der Waals surface area contributed by atoms with Crippen LogP contribution in [-0.4, -0.2) is 9.97 Å². The van der Waals surface area contributed by atoms with Gasteiger partial charge in [-0.25, -0.2) is 9.97 Å². The fourth-order valence-corrected chi connectivity index (χ4v) is 2.27. The summed E-state index contributed by atoms with van der Waals surface area (Å²) < 4.78 is 1.02. The molecule has 16 heavy (non-hydrogen) atoms. The molecular formula is C12H12IN3. The van der Waals surface area contributed by atoms with Gasteiger partial charge in [-0.05, 0) is 47.6 Å². The van der Waals surface area contributed by atoms with E-state index in [0.29, 0.717) is 5.95 Å². The summed E-state index contributed by atoms with van der Waals surface area (Å²) in [7, 11) is 0. The third kappa shape index (κ3) is 2.02. The van der Waals surface area contributed by atoms with Gasteiger partial charge in [-0.1, -0.05) is 18.2 Å². The van der Waals surface area contributed by atoms with E-state index in [2.05, 4.69) is 58.5 Å². The van der Waals surface area contributed by atoms with E-state index >= 15 is 0 Å². The Morgan fingerprint density at radius 3 is 2.44 bits per heavy atom. The van der Waals surface area contributed by atoms with E-state index in [4.69, 9.17) is 5.73 Å². The summed E-state index contributed by atoms with van der Waals surface area (Å²) in [5, 5.41) is 0. The Bertz CT molecular complexity index is 518. The van der Waals surface area contributed by atoms with Gasteiger partial charge in [0, 0.05) is 11.8 Å². The number of rotatable bonds is 1. The third-order valence-electron chi connectivity index (χ3n) is 2.48. The van der Waals surface area contributed by atoms with E-state index < -0.39 is 0 Å². The Morgan fingerprint density at radius 2 is 1.81 bits per heavy atom. The molecule has 1 heterocycles.